The number of thiazole rings is 1. The van der Waals surface area contributed by atoms with E-state index >= 15 is 0 Å². The van der Waals surface area contributed by atoms with Gasteiger partial charge >= 0.3 is 5.91 Å². The van der Waals surface area contributed by atoms with E-state index in [1.165, 1.54) is 16.2 Å². The third kappa shape index (κ3) is 3.72. The lowest BCUT2D eigenvalue weighted by molar-refractivity contribution is -0.132. The molecule has 0 bridgehead atoms. The van der Waals surface area contributed by atoms with Crippen LogP contribution in [-0.2, 0) is 16.0 Å². The topological polar surface area (TPSA) is 79.7 Å². The Morgan fingerprint density at radius 3 is 2.78 bits per heavy atom. The Morgan fingerprint density at radius 1 is 1.14 bits per heavy atom. The van der Waals surface area contributed by atoms with Gasteiger partial charge in [0.05, 0.1) is 21.8 Å². The highest BCUT2D eigenvalue weighted by Gasteiger charge is 2.48. The van der Waals surface area contributed by atoms with Crippen molar-refractivity contribution < 1.29 is 19.4 Å². The smallest absolute Gasteiger partial charge is 0.301 e. The van der Waals surface area contributed by atoms with Crippen molar-refractivity contribution in [1.82, 2.24) is 4.98 Å². The van der Waals surface area contributed by atoms with Crippen molar-refractivity contribution in [2.45, 2.75) is 32.4 Å². The van der Waals surface area contributed by atoms with E-state index in [-0.39, 0.29) is 17.4 Å². The second-order valence-electron chi connectivity index (χ2n) is 9.15. The number of halogens is 1. The number of aliphatic hydroxyl groups excluding tert-OH is 1. The van der Waals surface area contributed by atoms with Crippen molar-refractivity contribution in [2.75, 3.05) is 4.90 Å². The number of aliphatic hydroxyl groups is 1. The van der Waals surface area contributed by atoms with Gasteiger partial charge in [-0.1, -0.05) is 45.5 Å². The summed E-state index contributed by atoms with van der Waals surface area (Å²) in [5.74, 6) is -0.888. The molecule has 0 radical (unpaired) electrons. The largest absolute Gasteiger partial charge is 0.507 e. The normalized spacial score (nSPS) is 20.7. The van der Waals surface area contributed by atoms with E-state index in [2.05, 4.69) is 20.9 Å². The maximum atomic E-state index is 13.5. The molecule has 2 atom stereocenters. The number of aromatic nitrogens is 1. The number of aryl methyl sites for hydroxylation is 1. The molecule has 1 amide bonds. The molecule has 2 aliphatic rings. The Bertz CT molecular complexity index is 1610. The minimum atomic E-state index is -0.826. The SMILES string of the molecule is Cc1ccc2nc(N3C(=O)C(=O)C(=C(O)c4ccc5c(c4)C[C@@H](C)O5)[C@@H]3c3cccc(Br)c3)sc2c1. The number of fused-ring (bicyclic) bond motifs is 2. The zero-order valence-electron chi connectivity index (χ0n) is 19.5. The average Bonchev–Trinajstić information content (AvgIpc) is 3.50. The molecule has 6 nitrogen and oxygen atoms in total. The van der Waals surface area contributed by atoms with Gasteiger partial charge in [-0.2, -0.15) is 0 Å². The number of amides is 1. The average molecular weight is 561 g/mol. The molecule has 6 rings (SSSR count). The highest BCUT2D eigenvalue weighted by Crippen LogP contribution is 2.45. The predicted octanol–water partition coefficient (Wildman–Crippen LogP) is 6.32. The summed E-state index contributed by atoms with van der Waals surface area (Å²) in [6.45, 7) is 3.98. The van der Waals surface area contributed by atoms with Crippen LogP contribution in [0.3, 0.4) is 0 Å². The standard InChI is InChI=1S/C28H21BrN2O4S/c1-14-6-8-20-22(10-14)36-28(30-20)31-24(16-4-3-5-19(29)13-16)23(26(33)27(31)34)25(32)17-7-9-21-18(12-17)11-15(2)35-21/h3-10,12-13,15,24,32H,11H2,1-2H3/t15-,24+/m1/s1. The quantitative estimate of drug-likeness (QED) is 0.180. The van der Waals surface area contributed by atoms with E-state index in [0.717, 1.165) is 31.6 Å². The second-order valence-corrected chi connectivity index (χ2v) is 11.1. The number of hydrogen-bond donors (Lipinski definition) is 1. The van der Waals surface area contributed by atoms with Crippen LogP contribution in [0.2, 0.25) is 0 Å². The van der Waals surface area contributed by atoms with Gasteiger partial charge in [-0.05, 0) is 73.0 Å². The Hall–Kier alpha value is -3.49. The zero-order chi connectivity index (χ0) is 25.1. The molecule has 180 valence electrons. The van der Waals surface area contributed by atoms with Crippen LogP contribution < -0.4 is 9.64 Å². The van der Waals surface area contributed by atoms with Gasteiger partial charge in [0.15, 0.2) is 5.13 Å². The Balaban J connectivity index is 1.54. The first-order chi connectivity index (χ1) is 17.3. The number of carbonyl (C=O) groups excluding carboxylic acids is 2. The van der Waals surface area contributed by atoms with Crippen molar-refractivity contribution in [3.05, 3.63) is 93.0 Å². The number of Topliss-reactive ketones (excluding diaryl/α,β-unsaturated/α-hetero) is 1. The molecule has 1 fully saturated rings. The van der Waals surface area contributed by atoms with Gasteiger partial charge in [-0.25, -0.2) is 4.98 Å². The molecule has 3 aromatic carbocycles. The molecular weight excluding hydrogens is 540 g/mol. The summed E-state index contributed by atoms with van der Waals surface area (Å²) in [5.41, 5.74) is 4.01. The molecule has 0 spiro atoms. The molecule has 0 unspecified atom stereocenters. The van der Waals surface area contributed by atoms with Gasteiger partial charge in [0.2, 0.25) is 0 Å². The lowest BCUT2D eigenvalue weighted by atomic mass is 9.94. The maximum Gasteiger partial charge on any atom is 0.301 e. The summed E-state index contributed by atoms with van der Waals surface area (Å²) in [5, 5.41) is 11.9. The fourth-order valence-electron chi connectivity index (χ4n) is 4.87. The number of nitrogens with zero attached hydrogens (tertiary/aromatic N) is 2. The number of ketones is 1. The van der Waals surface area contributed by atoms with Crippen LogP contribution in [0.1, 0.15) is 35.2 Å². The van der Waals surface area contributed by atoms with Crippen molar-refractivity contribution in [2.24, 2.45) is 0 Å². The van der Waals surface area contributed by atoms with Crippen molar-refractivity contribution in [3.8, 4) is 5.75 Å². The molecule has 2 aliphatic heterocycles. The van der Waals surface area contributed by atoms with E-state index < -0.39 is 17.7 Å². The van der Waals surface area contributed by atoms with Crippen LogP contribution in [0.15, 0.2) is 70.7 Å². The molecule has 3 heterocycles. The van der Waals surface area contributed by atoms with E-state index in [0.29, 0.717) is 22.7 Å². The molecule has 1 aromatic heterocycles. The van der Waals surface area contributed by atoms with Gasteiger partial charge in [-0.15, -0.1) is 0 Å². The van der Waals surface area contributed by atoms with Gasteiger partial charge in [-0.3, -0.25) is 14.5 Å². The zero-order valence-corrected chi connectivity index (χ0v) is 21.9. The van der Waals surface area contributed by atoms with Crippen LogP contribution in [0.4, 0.5) is 5.13 Å². The second kappa shape index (κ2) is 8.57. The van der Waals surface area contributed by atoms with Crippen LogP contribution in [-0.4, -0.2) is 27.9 Å². The molecular formula is C28H21BrN2O4S. The fraction of sp³-hybridized carbons (Fsp3) is 0.179. The number of ether oxygens (including phenoxy) is 1. The first-order valence-corrected chi connectivity index (χ1v) is 13.1. The molecule has 8 heteroatoms. The van der Waals surface area contributed by atoms with Crippen LogP contribution in [0.5, 0.6) is 5.75 Å². The minimum absolute atomic E-state index is 0.0421. The van der Waals surface area contributed by atoms with E-state index in [9.17, 15) is 14.7 Å². The maximum absolute atomic E-state index is 13.5. The number of benzene rings is 3. The van der Waals surface area contributed by atoms with Gasteiger partial charge in [0, 0.05) is 16.5 Å². The highest BCUT2D eigenvalue weighted by molar-refractivity contribution is 9.10. The number of carbonyl (C=O) groups is 2. The summed E-state index contributed by atoms with van der Waals surface area (Å²) in [6.07, 6.45) is 0.762. The summed E-state index contributed by atoms with van der Waals surface area (Å²) in [7, 11) is 0. The van der Waals surface area contributed by atoms with E-state index in [1.54, 1.807) is 12.1 Å². The monoisotopic (exact) mass is 560 g/mol. The van der Waals surface area contributed by atoms with Gasteiger partial charge in [0.25, 0.3) is 5.78 Å². The number of hydrogen-bond acceptors (Lipinski definition) is 6. The first kappa shape index (κ1) is 22.9. The molecule has 1 N–H and O–H groups in total. The summed E-state index contributed by atoms with van der Waals surface area (Å²) in [6, 6.07) is 17.8. The number of rotatable bonds is 3. The molecule has 0 saturated carbocycles. The summed E-state index contributed by atoms with van der Waals surface area (Å²) >= 11 is 4.85. The summed E-state index contributed by atoms with van der Waals surface area (Å²) < 4.78 is 7.51. The Kier molecular flexibility index (Phi) is 5.46. The van der Waals surface area contributed by atoms with Gasteiger partial charge < -0.3 is 9.84 Å². The van der Waals surface area contributed by atoms with E-state index in [1.807, 2.05) is 62.4 Å². The highest BCUT2D eigenvalue weighted by atomic mass is 79.9. The third-order valence-electron chi connectivity index (χ3n) is 6.52. The lowest BCUT2D eigenvalue weighted by Gasteiger charge is -2.23. The summed E-state index contributed by atoms with van der Waals surface area (Å²) in [4.78, 5) is 33.0. The molecule has 0 aliphatic carbocycles. The number of anilines is 1. The van der Waals surface area contributed by atoms with Crippen molar-refractivity contribution in [1.29, 1.82) is 0 Å². The van der Waals surface area contributed by atoms with E-state index in [4.69, 9.17) is 4.74 Å². The molecule has 36 heavy (non-hydrogen) atoms. The molecule has 4 aromatic rings. The van der Waals surface area contributed by atoms with Crippen molar-refractivity contribution in [3.63, 3.8) is 0 Å². The lowest BCUT2D eigenvalue weighted by Crippen LogP contribution is -2.29. The van der Waals surface area contributed by atoms with Crippen LogP contribution in [0, 0.1) is 6.92 Å². The van der Waals surface area contributed by atoms with Crippen molar-refractivity contribution >= 4 is 60.1 Å². The third-order valence-corrected chi connectivity index (χ3v) is 8.03. The Morgan fingerprint density at radius 2 is 1.97 bits per heavy atom. The fourth-order valence-corrected chi connectivity index (χ4v) is 6.38. The van der Waals surface area contributed by atoms with Crippen LogP contribution >= 0.6 is 27.3 Å². The van der Waals surface area contributed by atoms with Crippen LogP contribution in [0.25, 0.3) is 16.0 Å². The predicted molar refractivity (Wildman–Crippen MR) is 144 cm³/mol. The Labute approximate surface area is 220 Å². The minimum Gasteiger partial charge on any atom is -0.507 e. The van der Waals surface area contributed by atoms with Gasteiger partial charge in [0.1, 0.15) is 17.6 Å². The molecule has 1 saturated heterocycles. The first-order valence-electron chi connectivity index (χ1n) is 11.5.